The Labute approximate surface area is 524 Å². The molecule has 0 spiro atoms. The first-order valence-electron chi connectivity index (χ1n) is 36.2. The Bertz CT molecular complexity index is 2460. The highest BCUT2D eigenvalue weighted by Crippen LogP contribution is 2.72. The minimum absolute atomic E-state index is 0.00338. The fourth-order valence-corrected chi connectivity index (χ4v) is 26.2. The van der Waals surface area contributed by atoms with E-state index in [9.17, 15) is 44.1 Å². The molecule has 12 aliphatic rings. The van der Waals surface area contributed by atoms with Gasteiger partial charge in [-0.05, 0) is 226 Å². The molecule has 12 nitrogen and oxygen atoms in total. The zero-order valence-electron chi connectivity index (χ0n) is 56.2. The van der Waals surface area contributed by atoms with Crippen LogP contribution in [0.25, 0.3) is 0 Å². The number of carbonyl (C=O) groups is 6. The molecule has 0 bridgehead atoms. The van der Waals surface area contributed by atoms with E-state index in [2.05, 4.69) is 83.1 Å². The van der Waals surface area contributed by atoms with Crippen LogP contribution >= 0.6 is 0 Å². The van der Waals surface area contributed by atoms with E-state index in [1.165, 1.54) is 38.5 Å². The predicted octanol–water partition coefficient (Wildman–Crippen LogP) is 14.3. The summed E-state index contributed by atoms with van der Waals surface area (Å²) in [7, 11) is 0. The van der Waals surface area contributed by atoms with Gasteiger partial charge in [0.2, 0.25) is 0 Å². The van der Waals surface area contributed by atoms with Gasteiger partial charge in [-0.25, -0.2) is 0 Å². The highest BCUT2D eigenvalue weighted by Gasteiger charge is 2.70. The Kier molecular flexibility index (Phi) is 20.1. The van der Waals surface area contributed by atoms with Crippen molar-refractivity contribution in [1.82, 2.24) is 0 Å². The summed E-state index contributed by atoms with van der Waals surface area (Å²) < 4.78 is 17.1. The molecule has 12 fully saturated rings. The largest absolute Gasteiger partial charge is 0.465 e. The number of hydrogen-bond donors (Lipinski definition) is 3. The number of fused-ring (bicyclic) bond motifs is 15. The number of aliphatic hydroxyl groups is 3. The molecule has 0 aromatic heterocycles. The summed E-state index contributed by atoms with van der Waals surface area (Å²) in [6.45, 7) is 29.6. The summed E-state index contributed by atoms with van der Waals surface area (Å²) in [5.41, 5.74) is -0.195. The third kappa shape index (κ3) is 11.1. The van der Waals surface area contributed by atoms with Crippen molar-refractivity contribution in [3.05, 3.63) is 0 Å². The molecular formula is C75H120O12. The molecule has 0 saturated heterocycles. The van der Waals surface area contributed by atoms with Crippen molar-refractivity contribution < 1.29 is 58.3 Å². The van der Waals surface area contributed by atoms with E-state index >= 15 is 0 Å². The standard InChI is InChI=1S/C27H42O6.C24H42O3.C24H36O3/c1-5-6-17(2)20-7-8-21-25-22(13-24(33-16-30)27(20,21)4)26(3)10-9-19(31-14-28)11-18(26)12-23(25)32-15-29;2*1-5-6-14(2)17-7-8-18-22-19(13-21(27)24(17,18)4)23(3)10-9-16(25)11-15(23)12-20(22)26/h14-25H,5-13H2,1-4H3;14-22,25-27H,5-13H2,1-4H3;14-15,17-19,22H,5-13H2,1-4H3/t17?,18-,19+,20+,21-,22-,23+,24-,25-,26-,27+;14?,15-,16+,17+,18-,19-,20+,21-,22-,23-,24+;14?,15-,17+,18-,19-,22-,23-,24+/m000/s1. The molecule has 0 aliphatic heterocycles. The maximum absolute atomic E-state index is 13.6. The van der Waals surface area contributed by atoms with Crippen molar-refractivity contribution in [2.24, 2.45) is 139 Å². The average Bonchev–Trinajstić information content (AvgIpc) is 1.71. The minimum Gasteiger partial charge on any atom is -0.465 e. The third-order valence-electron chi connectivity index (χ3n) is 30.8. The van der Waals surface area contributed by atoms with Gasteiger partial charge in [0.1, 0.15) is 35.7 Å². The molecule has 0 radical (unpaired) electrons. The summed E-state index contributed by atoms with van der Waals surface area (Å²) in [5, 5.41) is 32.9. The Hall–Kier alpha value is -2.70. The zero-order chi connectivity index (χ0) is 62.9. The van der Waals surface area contributed by atoms with E-state index in [1.54, 1.807) is 0 Å². The molecule has 0 aromatic carbocycles. The number of ether oxygens (including phenoxy) is 3. The van der Waals surface area contributed by atoms with Gasteiger partial charge in [-0.3, -0.25) is 28.8 Å². The van der Waals surface area contributed by atoms with Gasteiger partial charge in [-0.2, -0.15) is 0 Å². The van der Waals surface area contributed by atoms with E-state index in [0.717, 1.165) is 109 Å². The molecule has 12 rings (SSSR count). The summed E-state index contributed by atoms with van der Waals surface area (Å²) >= 11 is 0. The van der Waals surface area contributed by atoms with Crippen LogP contribution in [-0.2, 0) is 43.0 Å². The van der Waals surface area contributed by atoms with Gasteiger partial charge in [0.25, 0.3) is 19.4 Å². The summed E-state index contributed by atoms with van der Waals surface area (Å²) in [6, 6.07) is 0. The van der Waals surface area contributed by atoms with Crippen molar-refractivity contribution in [2.45, 2.75) is 293 Å². The molecule has 30 atom stereocenters. The van der Waals surface area contributed by atoms with Crippen LogP contribution in [0.15, 0.2) is 0 Å². The topological polar surface area (TPSA) is 191 Å². The van der Waals surface area contributed by atoms with Crippen molar-refractivity contribution in [1.29, 1.82) is 0 Å². The highest BCUT2D eigenvalue weighted by atomic mass is 16.5. The first kappa shape index (κ1) is 67.2. The lowest BCUT2D eigenvalue weighted by Crippen LogP contribution is -2.63. The van der Waals surface area contributed by atoms with Crippen LogP contribution in [0, 0.1) is 139 Å². The second kappa shape index (κ2) is 26.0. The first-order valence-corrected chi connectivity index (χ1v) is 36.2. The summed E-state index contributed by atoms with van der Waals surface area (Å²) in [5.74, 6) is 7.95. The number of hydrogen-bond acceptors (Lipinski definition) is 12. The molecule has 3 N–H and O–H groups in total. The van der Waals surface area contributed by atoms with Crippen molar-refractivity contribution >= 4 is 36.8 Å². The van der Waals surface area contributed by atoms with Gasteiger partial charge in [0.05, 0.1) is 18.3 Å². The van der Waals surface area contributed by atoms with E-state index in [4.69, 9.17) is 14.2 Å². The Morgan fingerprint density at radius 1 is 0.506 bits per heavy atom. The van der Waals surface area contributed by atoms with Crippen LogP contribution in [0.3, 0.4) is 0 Å². The van der Waals surface area contributed by atoms with Crippen LogP contribution < -0.4 is 0 Å². The SMILES string of the molecule is CCCC(C)[C@H]1CC[C@H]2[C@@H]3C(=O)C[C@@H]4CC(=O)CC[C@]4(C)[C@H]3CC(=O)[C@]12C.CCCC(C)[C@H]1CC[C@H]2[C@@H]3[C@H](O)C[C@@H]4C[C@H](O)CC[C@]4(C)[C@H]3C[C@H](O)[C@]12C.CCCC(C)[C@H]1CC[C@H]2[C@@H]3[C@H](OC=O)C[C@@H]4C[C@H](OC=O)CC[C@]4(C)[C@H]3C[C@H](OC=O)[C@]12C. The van der Waals surface area contributed by atoms with Gasteiger partial charge in [-0.15, -0.1) is 0 Å². The Morgan fingerprint density at radius 2 is 1.05 bits per heavy atom. The van der Waals surface area contributed by atoms with Crippen molar-refractivity contribution in [2.75, 3.05) is 0 Å². The molecule has 0 aromatic rings. The average molecular weight is 1210 g/mol. The normalized spacial score (nSPS) is 50.2. The molecular weight excluding hydrogens is 1090 g/mol. The predicted molar refractivity (Wildman–Crippen MR) is 336 cm³/mol. The van der Waals surface area contributed by atoms with Gasteiger partial charge >= 0.3 is 0 Å². The third-order valence-corrected chi connectivity index (χ3v) is 30.8. The van der Waals surface area contributed by atoms with Crippen LogP contribution in [0.2, 0.25) is 0 Å². The van der Waals surface area contributed by atoms with E-state index in [0.29, 0.717) is 139 Å². The number of carbonyl (C=O) groups excluding carboxylic acids is 6. The molecule has 0 amide bonds. The minimum atomic E-state index is -0.306. The summed E-state index contributed by atoms with van der Waals surface area (Å²) in [6.07, 6.45) is 24.9. The Morgan fingerprint density at radius 3 is 1.67 bits per heavy atom. The monoisotopic (exact) mass is 1210 g/mol. The fourth-order valence-electron chi connectivity index (χ4n) is 26.2. The first-order chi connectivity index (χ1) is 41.3. The van der Waals surface area contributed by atoms with Crippen molar-refractivity contribution in [3.8, 4) is 0 Å². The lowest BCUT2D eigenvalue weighted by molar-refractivity contribution is -0.218. The lowest BCUT2D eigenvalue weighted by atomic mass is 9.43. The van der Waals surface area contributed by atoms with E-state index < -0.39 is 0 Å². The van der Waals surface area contributed by atoms with Crippen LogP contribution in [0.1, 0.15) is 256 Å². The number of ketones is 3. The highest BCUT2D eigenvalue weighted by molar-refractivity contribution is 5.93. The van der Waals surface area contributed by atoms with Gasteiger partial charge in [0.15, 0.2) is 0 Å². The van der Waals surface area contributed by atoms with Crippen molar-refractivity contribution in [3.63, 3.8) is 0 Å². The molecule has 12 aliphatic carbocycles. The molecule has 0 heterocycles. The zero-order valence-corrected chi connectivity index (χ0v) is 56.2. The maximum Gasteiger partial charge on any atom is 0.293 e. The Balaban J connectivity index is 0.000000145. The molecule has 12 heteroatoms. The fraction of sp³-hybridized carbons (Fsp3) is 0.920. The van der Waals surface area contributed by atoms with Gasteiger partial charge in [-0.1, -0.05) is 122 Å². The second-order valence-corrected chi connectivity index (χ2v) is 33.9. The molecule has 492 valence electrons. The molecule has 12 saturated carbocycles. The van der Waals surface area contributed by atoms with E-state index in [-0.39, 0.29) is 98.7 Å². The maximum atomic E-state index is 13.6. The number of rotatable bonds is 15. The lowest BCUT2D eigenvalue weighted by Gasteiger charge is -2.64. The summed E-state index contributed by atoms with van der Waals surface area (Å²) in [4.78, 5) is 73.1. The molecule has 87 heavy (non-hydrogen) atoms. The van der Waals surface area contributed by atoms with Crippen LogP contribution in [0.4, 0.5) is 0 Å². The van der Waals surface area contributed by atoms with Gasteiger partial charge in [0, 0.05) is 48.3 Å². The van der Waals surface area contributed by atoms with Crippen LogP contribution in [-0.4, -0.2) is 88.7 Å². The smallest absolute Gasteiger partial charge is 0.293 e. The second-order valence-electron chi connectivity index (χ2n) is 33.9. The van der Waals surface area contributed by atoms with E-state index in [1.807, 2.05) is 0 Å². The number of Topliss-reactive ketones (excluding diaryl/α,β-unsaturated/α-hetero) is 3. The van der Waals surface area contributed by atoms with Gasteiger partial charge < -0.3 is 29.5 Å². The molecule has 3 unspecified atom stereocenters. The quantitative estimate of drug-likeness (QED) is 0.104. The van der Waals surface area contributed by atoms with Crippen LogP contribution in [0.5, 0.6) is 0 Å². The number of aliphatic hydroxyl groups excluding tert-OH is 3.